The van der Waals surface area contributed by atoms with Gasteiger partial charge in [0.1, 0.15) is 5.82 Å². The van der Waals surface area contributed by atoms with E-state index in [1.54, 1.807) is 0 Å². The van der Waals surface area contributed by atoms with Crippen LogP contribution in [0.15, 0.2) is 12.4 Å². The molecule has 0 amide bonds. The molecule has 3 aliphatic rings. The normalized spacial score (nSPS) is 35.7. The molecule has 4 heterocycles. The lowest BCUT2D eigenvalue weighted by Gasteiger charge is -2.29. The van der Waals surface area contributed by atoms with E-state index in [1.165, 1.54) is 6.26 Å². The molecule has 0 aliphatic carbocycles. The highest BCUT2D eigenvalue weighted by molar-refractivity contribution is 7.88. The van der Waals surface area contributed by atoms with Crippen LogP contribution in [0.1, 0.15) is 18.7 Å². The van der Waals surface area contributed by atoms with Gasteiger partial charge in [0.2, 0.25) is 10.0 Å². The van der Waals surface area contributed by atoms with Crippen molar-refractivity contribution in [3.8, 4) is 0 Å². The van der Waals surface area contributed by atoms with Crippen molar-refractivity contribution in [1.82, 2.24) is 19.2 Å². The van der Waals surface area contributed by atoms with E-state index in [0.29, 0.717) is 18.4 Å². The standard InChI is InChI=1S/C16H26N4O3S/c1-19-8-6-17-15(19)4-7-20-10-13-12(9-18-24(2,21)22)14-3-5-16(13,11-20)23-14/h6,8,12-14,18H,3-5,7,9-11H2,1-2H3/t12-,13+,14+,16+/m0/s1. The lowest BCUT2D eigenvalue weighted by molar-refractivity contribution is 0.00289. The molecule has 24 heavy (non-hydrogen) atoms. The Kier molecular flexibility index (Phi) is 3.98. The molecule has 4 atom stereocenters. The summed E-state index contributed by atoms with van der Waals surface area (Å²) < 4.78 is 34.0. The lowest BCUT2D eigenvalue weighted by Crippen LogP contribution is -2.41. The number of likely N-dealkylation sites (tertiary alicyclic amines) is 1. The number of sulfonamides is 1. The van der Waals surface area contributed by atoms with Crippen molar-refractivity contribution >= 4 is 10.0 Å². The van der Waals surface area contributed by atoms with Crippen molar-refractivity contribution < 1.29 is 13.2 Å². The monoisotopic (exact) mass is 354 g/mol. The molecule has 3 saturated heterocycles. The Balaban J connectivity index is 1.40. The smallest absolute Gasteiger partial charge is 0.208 e. The molecular weight excluding hydrogens is 328 g/mol. The van der Waals surface area contributed by atoms with Crippen LogP contribution in [0.2, 0.25) is 0 Å². The average Bonchev–Trinajstić information content (AvgIpc) is 3.22. The zero-order chi connectivity index (χ0) is 16.9. The Bertz CT molecular complexity index is 719. The number of fused-ring (bicyclic) bond motifs is 1. The third kappa shape index (κ3) is 2.89. The topological polar surface area (TPSA) is 76.5 Å². The summed E-state index contributed by atoms with van der Waals surface area (Å²) in [6, 6.07) is 0. The van der Waals surface area contributed by atoms with Crippen LogP contribution >= 0.6 is 0 Å². The number of nitrogens with zero attached hydrogens (tertiary/aromatic N) is 3. The third-order valence-electron chi connectivity index (χ3n) is 6.01. The van der Waals surface area contributed by atoms with E-state index in [2.05, 4.69) is 19.2 Å². The van der Waals surface area contributed by atoms with Crippen LogP contribution in [0.4, 0.5) is 0 Å². The fourth-order valence-electron chi connectivity index (χ4n) is 4.87. The number of ether oxygens (including phenoxy) is 1. The summed E-state index contributed by atoms with van der Waals surface area (Å²) in [6.45, 7) is 3.44. The summed E-state index contributed by atoms with van der Waals surface area (Å²) >= 11 is 0. The van der Waals surface area contributed by atoms with Crippen LogP contribution in [0.3, 0.4) is 0 Å². The first kappa shape index (κ1) is 16.5. The molecule has 134 valence electrons. The Labute approximate surface area is 143 Å². The van der Waals surface area contributed by atoms with Gasteiger partial charge in [0, 0.05) is 63.9 Å². The minimum atomic E-state index is -3.15. The second-order valence-corrected chi connectivity index (χ2v) is 9.42. The van der Waals surface area contributed by atoms with Crippen molar-refractivity contribution in [3.05, 3.63) is 18.2 Å². The fraction of sp³-hybridized carbons (Fsp3) is 0.812. The van der Waals surface area contributed by atoms with E-state index < -0.39 is 10.0 Å². The Morgan fingerprint density at radius 1 is 1.50 bits per heavy atom. The highest BCUT2D eigenvalue weighted by Gasteiger charge is 2.62. The molecule has 0 radical (unpaired) electrons. The van der Waals surface area contributed by atoms with Gasteiger partial charge in [-0.25, -0.2) is 18.1 Å². The van der Waals surface area contributed by atoms with E-state index in [9.17, 15) is 8.42 Å². The zero-order valence-corrected chi connectivity index (χ0v) is 15.1. The molecular formula is C16H26N4O3S. The van der Waals surface area contributed by atoms with E-state index in [0.717, 1.165) is 44.7 Å². The second-order valence-electron chi connectivity index (χ2n) is 7.59. The van der Waals surface area contributed by atoms with Gasteiger partial charge < -0.3 is 9.30 Å². The summed E-state index contributed by atoms with van der Waals surface area (Å²) in [4.78, 5) is 6.86. The van der Waals surface area contributed by atoms with Crippen LogP contribution in [0.5, 0.6) is 0 Å². The summed E-state index contributed by atoms with van der Waals surface area (Å²) in [5.74, 6) is 1.84. The molecule has 0 saturated carbocycles. The van der Waals surface area contributed by atoms with E-state index in [4.69, 9.17) is 4.74 Å². The quantitative estimate of drug-likeness (QED) is 0.778. The SMILES string of the molecule is Cn1ccnc1CCN1C[C@@H]2[C@H](CNS(C)(=O)=O)[C@H]3CC[C@]2(C1)O3. The van der Waals surface area contributed by atoms with E-state index in [1.807, 2.05) is 19.4 Å². The molecule has 0 unspecified atom stereocenters. The predicted octanol–water partition coefficient (Wildman–Crippen LogP) is -0.00880. The maximum absolute atomic E-state index is 11.4. The van der Waals surface area contributed by atoms with Gasteiger partial charge in [0.25, 0.3) is 0 Å². The molecule has 1 spiro atoms. The number of aromatic nitrogens is 2. The van der Waals surface area contributed by atoms with Crippen LogP contribution < -0.4 is 4.72 Å². The van der Waals surface area contributed by atoms with Crippen molar-refractivity contribution in [1.29, 1.82) is 0 Å². The average molecular weight is 354 g/mol. The van der Waals surface area contributed by atoms with Gasteiger partial charge in [-0.2, -0.15) is 0 Å². The number of rotatable bonds is 6. The largest absolute Gasteiger partial charge is 0.370 e. The third-order valence-corrected chi connectivity index (χ3v) is 6.70. The minimum Gasteiger partial charge on any atom is -0.370 e. The highest BCUT2D eigenvalue weighted by Crippen LogP contribution is 2.54. The minimum absolute atomic E-state index is 0.0455. The van der Waals surface area contributed by atoms with E-state index >= 15 is 0 Å². The van der Waals surface area contributed by atoms with Crippen LogP contribution in [-0.2, 0) is 28.2 Å². The molecule has 2 bridgehead atoms. The maximum atomic E-state index is 11.4. The molecule has 0 aromatic carbocycles. The van der Waals surface area contributed by atoms with Gasteiger partial charge in [0.15, 0.2) is 0 Å². The number of nitrogens with one attached hydrogen (secondary N) is 1. The number of hydrogen-bond acceptors (Lipinski definition) is 5. The van der Waals surface area contributed by atoms with Gasteiger partial charge in [-0.05, 0) is 12.8 Å². The van der Waals surface area contributed by atoms with Crippen molar-refractivity contribution in [3.63, 3.8) is 0 Å². The molecule has 3 aliphatic heterocycles. The summed E-state index contributed by atoms with van der Waals surface area (Å²) in [6.07, 6.45) is 8.36. The number of hydrogen-bond donors (Lipinski definition) is 1. The maximum Gasteiger partial charge on any atom is 0.208 e. The Morgan fingerprint density at radius 3 is 3.04 bits per heavy atom. The lowest BCUT2D eigenvalue weighted by atomic mass is 9.74. The van der Waals surface area contributed by atoms with Gasteiger partial charge in [-0.1, -0.05) is 0 Å². The summed E-state index contributed by atoms with van der Waals surface area (Å²) in [5, 5.41) is 0. The first-order chi connectivity index (χ1) is 11.4. The first-order valence-electron chi connectivity index (χ1n) is 8.67. The molecule has 8 heteroatoms. The highest BCUT2D eigenvalue weighted by atomic mass is 32.2. The van der Waals surface area contributed by atoms with Gasteiger partial charge in [0.05, 0.1) is 18.0 Å². The molecule has 7 nitrogen and oxygen atoms in total. The molecule has 1 aromatic rings. The number of imidazole rings is 1. The van der Waals surface area contributed by atoms with Gasteiger partial charge in [-0.15, -0.1) is 0 Å². The van der Waals surface area contributed by atoms with E-state index in [-0.39, 0.29) is 11.7 Å². The molecule has 4 rings (SSSR count). The van der Waals surface area contributed by atoms with Gasteiger partial charge in [-0.3, -0.25) is 4.90 Å². The van der Waals surface area contributed by atoms with Crippen molar-refractivity contribution in [2.45, 2.75) is 31.0 Å². The molecule has 1 N–H and O–H groups in total. The predicted molar refractivity (Wildman–Crippen MR) is 90.0 cm³/mol. The van der Waals surface area contributed by atoms with Crippen molar-refractivity contribution in [2.75, 3.05) is 32.4 Å². The summed E-state index contributed by atoms with van der Waals surface area (Å²) in [7, 11) is -1.12. The number of aryl methyl sites for hydroxylation is 1. The Hall–Kier alpha value is -0.960. The zero-order valence-electron chi connectivity index (χ0n) is 14.3. The second kappa shape index (κ2) is 5.79. The first-order valence-corrected chi connectivity index (χ1v) is 10.6. The summed E-state index contributed by atoms with van der Waals surface area (Å²) in [5.41, 5.74) is -0.0455. The molecule has 1 aromatic heterocycles. The Morgan fingerprint density at radius 2 is 2.33 bits per heavy atom. The van der Waals surface area contributed by atoms with Crippen LogP contribution in [0, 0.1) is 11.8 Å². The molecule has 3 fully saturated rings. The fourth-order valence-corrected chi connectivity index (χ4v) is 5.37. The van der Waals surface area contributed by atoms with Crippen LogP contribution in [0.25, 0.3) is 0 Å². The van der Waals surface area contributed by atoms with Crippen LogP contribution in [-0.4, -0.2) is 67.0 Å². The van der Waals surface area contributed by atoms with Crippen molar-refractivity contribution in [2.24, 2.45) is 18.9 Å². The van der Waals surface area contributed by atoms with Gasteiger partial charge >= 0.3 is 0 Å².